The highest BCUT2D eigenvalue weighted by molar-refractivity contribution is 6.31. The van der Waals surface area contributed by atoms with E-state index in [-0.39, 0.29) is 16.8 Å². The summed E-state index contributed by atoms with van der Waals surface area (Å²) in [5.74, 6) is -0.593. The van der Waals surface area contributed by atoms with Crippen LogP contribution in [-0.2, 0) is 4.79 Å². The van der Waals surface area contributed by atoms with Gasteiger partial charge in [0.25, 0.3) is 5.91 Å². The average molecular weight is 375 g/mol. The Balaban J connectivity index is 1.55. The zero-order valence-corrected chi connectivity index (χ0v) is 15.1. The molecule has 0 bridgehead atoms. The lowest BCUT2D eigenvalue weighted by molar-refractivity contribution is -0.129. The van der Waals surface area contributed by atoms with Crippen LogP contribution in [0.15, 0.2) is 42.5 Å². The SMILES string of the molecule is O=C(NCCC(=O)N1CCCC1)c1ccc(-c2ccc(F)c(Cl)c2)cc1. The van der Waals surface area contributed by atoms with Crippen molar-refractivity contribution in [2.75, 3.05) is 19.6 Å². The van der Waals surface area contributed by atoms with Crippen molar-refractivity contribution >= 4 is 23.4 Å². The molecule has 2 amide bonds. The molecule has 1 N–H and O–H groups in total. The molecule has 1 fully saturated rings. The first kappa shape index (κ1) is 18.4. The van der Waals surface area contributed by atoms with Gasteiger partial charge in [0, 0.05) is 31.6 Å². The lowest BCUT2D eigenvalue weighted by Crippen LogP contribution is -2.32. The van der Waals surface area contributed by atoms with Crippen molar-refractivity contribution in [1.82, 2.24) is 10.2 Å². The van der Waals surface area contributed by atoms with Crippen LogP contribution in [0.4, 0.5) is 4.39 Å². The zero-order valence-electron chi connectivity index (χ0n) is 14.3. The van der Waals surface area contributed by atoms with Crippen LogP contribution < -0.4 is 5.32 Å². The minimum absolute atomic E-state index is 0.0620. The van der Waals surface area contributed by atoms with E-state index in [1.807, 2.05) is 4.90 Å². The van der Waals surface area contributed by atoms with Crippen molar-refractivity contribution in [1.29, 1.82) is 0 Å². The van der Waals surface area contributed by atoms with Gasteiger partial charge in [0.05, 0.1) is 5.02 Å². The summed E-state index contributed by atoms with van der Waals surface area (Å²) < 4.78 is 13.2. The Morgan fingerprint density at radius 3 is 2.35 bits per heavy atom. The summed E-state index contributed by atoms with van der Waals surface area (Å²) in [5, 5.41) is 2.83. The molecular weight excluding hydrogens is 355 g/mol. The Bertz CT molecular complexity index is 802. The van der Waals surface area contributed by atoms with E-state index >= 15 is 0 Å². The molecule has 6 heteroatoms. The molecule has 1 aliphatic rings. The highest BCUT2D eigenvalue weighted by atomic mass is 35.5. The van der Waals surface area contributed by atoms with E-state index in [0.29, 0.717) is 18.5 Å². The van der Waals surface area contributed by atoms with Crippen molar-refractivity contribution in [2.24, 2.45) is 0 Å². The van der Waals surface area contributed by atoms with E-state index in [1.54, 1.807) is 36.4 Å². The van der Waals surface area contributed by atoms with Gasteiger partial charge in [-0.25, -0.2) is 4.39 Å². The van der Waals surface area contributed by atoms with Crippen LogP contribution in [0.25, 0.3) is 11.1 Å². The summed E-state index contributed by atoms with van der Waals surface area (Å²) in [4.78, 5) is 26.0. The molecule has 0 atom stereocenters. The third-order valence-corrected chi connectivity index (χ3v) is 4.77. The second-order valence-electron chi connectivity index (χ2n) is 6.30. The van der Waals surface area contributed by atoms with Gasteiger partial charge in [0.1, 0.15) is 5.82 Å². The maximum Gasteiger partial charge on any atom is 0.251 e. The number of amides is 2. The normalized spacial score (nSPS) is 13.7. The Labute approximate surface area is 157 Å². The third-order valence-electron chi connectivity index (χ3n) is 4.48. The number of rotatable bonds is 5. The van der Waals surface area contributed by atoms with Gasteiger partial charge in [-0.3, -0.25) is 9.59 Å². The molecule has 0 unspecified atom stereocenters. The summed E-state index contributed by atoms with van der Waals surface area (Å²) in [6, 6.07) is 11.5. The smallest absolute Gasteiger partial charge is 0.251 e. The first-order valence-corrected chi connectivity index (χ1v) is 9.04. The van der Waals surface area contributed by atoms with Crippen molar-refractivity contribution in [3.8, 4) is 11.1 Å². The molecule has 0 saturated carbocycles. The van der Waals surface area contributed by atoms with Crippen LogP contribution in [0, 0.1) is 5.82 Å². The van der Waals surface area contributed by atoms with Crippen LogP contribution in [0.5, 0.6) is 0 Å². The molecule has 1 aliphatic heterocycles. The van der Waals surface area contributed by atoms with E-state index in [2.05, 4.69) is 5.32 Å². The van der Waals surface area contributed by atoms with Crippen molar-refractivity contribution in [3.63, 3.8) is 0 Å². The fraction of sp³-hybridized carbons (Fsp3) is 0.300. The highest BCUT2D eigenvalue weighted by Crippen LogP contribution is 2.25. The Kier molecular flexibility index (Phi) is 5.89. The zero-order chi connectivity index (χ0) is 18.5. The second-order valence-corrected chi connectivity index (χ2v) is 6.71. The maximum atomic E-state index is 13.2. The van der Waals surface area contributed by atoms with Crippen LogP contribution >= 0.6 is 11.6 Å². The van der Waals surface area contributed by atoms with Gasteiger partial charge in [-0.1, -0.05) is 29.8 Å². The van der Waals surface area contributed by atoms with Crippen molar-refractivity contribution in [3.05, 3.63) is 58.9 Å². The van der Waals surface area contributed by atoms with E-state index in [9.17, 15) is 14.0 Å². The minimum Gasteiger partial charge on any atom is -0.352 e. The largest absolute Gasteiger partial charge is 0.352 e. The summed E-state index contributed by atoms with van der Waals surface area (Å²) >= 11 is 5.81. The topological polar surface area (TPSA) is 49.4 Å². The first-order chi connectivity index (χ1) is 12.5. The van der Waals surface area contributed by atoms with Crippen LogP contribution in [-0.4, -0.2) is 36.3 Å². The number of nitrogens with one attached hydrogen (secondary N) is 1. The molecule has 1 heterocycles. The van der Waals surface area contributed by atoms with E-state index in [1.165, 1.54) is 6.07 Å². The summed E-state index contributed by atoms with van der Waals surface area (Å²) in [5.41, 5.74) is 2.13. The predicted octanol–water partition coefficient (Wildman–Crippen LogP) is 3.89. The molecule has 2 aromatic carbocycles. The molecule has 1 saturated heterocycles. The fourth-order valence-electron chi connectivity index (χ4n) is 3.00. The van der Waals surface area contributed by atoms with Crippen LogP contribution in [0.1, 0.15) is 29.6 Å². The van der Waals surface area contributed by atoms with Crippen molar-refractivity contribution < 1.29 is 14.0 Å². The lowest BCUT2D eigenvalue weighted by Gasteiger charge is -2.15. The standard InChI is InChI=1S/C20H20ClFN2O2/c21-17-13-16(7-8-18(17)22)14-3-5-15(6-4-14)20(26)23-10-9-19(25)24-11-1-2-12-24/h3-8,13H,1-2,9-12H2,(H,23,26). The molecular formula is C20H20ClFN2O2. The lowest BCUT2D eigenvalue weighted by atomic mass is 10.0. The number of nitrogens with zero attached hydrogens (tertiary/aromatic N) is 1. The number of hydrogen-bond donors (Lipinski definition) is 1. The molecule has 0 aliphatic carbocycles. The molecule has 26 heavy (non-hydrogen) atoms. The molecule has 3 rings (SSSR count). The number of likely N-dealkylation sites (tertiary alicyclic amines) is 1. The number of hydrogen-bond acceptors (Lipinski definition) is 2. The van der Waals surface area contributed by atoms with E-state index < -0.39 is 5.82 Å². The second kappa shape index (κ2) is 8.32. The molecule has 0 spiro atoms. The monoisotopic (exact) mass is 374 g/mol. The molecule has 4 nitrogen and oxygen atoms in total. The fourth-order valence-corrected chi connectivity index (χ4v) is 3.18. The molecule has 0 aromatic heterocycles. The summed E-state index contributed by atoms with van der Waals surface area (Å²) in [6.45, 7) is 1.97. The number of carbonyl (C=O) groups excluding carboxylic acids is 2. The Morgan fingerprint density at radius 1 is 1.04 bits per heavy atom. The molecule has 136 valence electrons. The molecule has 0 radical (unpaired) electrons. The minimum atomic E-state index is -0.463. The first-order valence-electron chi connectivity index (χ1n) is 8.66. The Hall–Kier alpha value is -2.40. The van der Waals surface area contributed by atoms with Crippen molar-refractivity contribution in [2.45, 2.75) is 19.3 Å². The third kappa shape index (κ3) is 4.41. The van der Waals surface area contributed by atoms with Gasteiger partial charge in [-0.15, -0.1) is 0 Å². The number of benzene rings is 2. The number of halogens is 2. The van der Waals surface area contributed by atoms with Gasteiger partial charge in [0.2, 0.25) is 5.91 Å². The Morgan fingerprint density at radius 2 is 1.69 bits per heavy atom. The van der Waals surface area contributed by atoms with Gasteiger partial charge in [0.15, 0.2) is 0 Å². The van der Waals surface area contributed by atoms with Gasteiger partial charge in [-0.05, 0) is 48.2 Å². The van der Waals surface area contributed by atoms with E-state index in [4.69, 9.17) is 11.6 Å². The highest BCUT2D eigenvalue weighted by Gasteiger charge is 2.17. The van der Waals surface area contributed by atoms with Gasteiger partial charge >= 0.3 is 0 Å². The quantitative estimate of drug-likeness (QED) is 0.863. The van der Waals surface area contributed by atoms with Gasteiger partial charge < -0.3 is 10.2 Å². The number of carbonyl (C=O) groups is 2. The molecule has 2 aromatic rings. The predicted molar refractivity (Wildman–Crippen MR) is 99.6 cm³/mol. The van der Waals surface area contributed by atoms with Gasteiger partial charge in [-0.2, -0.15) is 0 Å². The van der Waals surface area contributed by atoms with E-state index in [0.717, 1.165) is 37.1 Å². The van der Waals surface area contributed by atoms with Crippen LogP contribution in [0.2, 0.25) is 5.02 Å². The van der Waals surface area contributed by atoms with Crippen LogP contribution in [0.3, 0.4) is 0 Å². The summed E-state index contributed by atoms with van der Waals surface area (Å²) in [7, 11) is 0. The average Bonchev–Trinajstić information content (AvgIpc) is 3.19. The summed E-state index contributed by atoms with van der Waals surface area (Å²) in [6.07, 6.45) is 2.44. The maximum absolute atomic E-state index is 13.2.